The van der Waals surface area contributed by atoms with Gasteiger partial charge in [-0.05, 0) is 32.0 Å². The highest BCUT2D eigenvalue weighted by atomic mass is 19.4. The molecule has 0 spiro atoms. The number of aryl methyl sites for hydroxylation is 1. The van der Waals surface area contributed by atoms with Crippen LogP contribution in [0.15, 0.2) is 24.5 Å². The standard InChI is InChI=1S/C19H19F4N5O/c1-11-17(12(2)28(26-11)9-19(21,22)23)16-8-29-6-5-27(16)18-14-7-13(20)3-4-15(14)24-10-25-18/h3-4,7,10,16H,5-6,8-9H2,1-2H3. The Kier molecular flexibility index (Phi) is 4.89. The molecule has 6 nitrogen and oxygen atoms in total. The van der Waals surface area contributed by atoms with Gasteiger partial charge in [-0.15, -0.1) is 0 Å². The summed E-state index contributed by atoms with van der Waals surface area (Å²) in [6.07, 6.45) is -2.97. The van der Waals surface area contributed by atoms with Crippen LogP contribution in [0.3, 0.4) is 0 Å². The van der Waals surface area contributed by atoms with Crippen LogP contribution in [0.2, 0.25) is 0 Å². The molecule has 10 heteroatoms. The molecule has 3 heterocycles. The van der Waals surface area contributed by atoms with E-state index in [4.69, 9.17) is 4.74 Å². The number of morpholine rings is 1. The molecule has 29 heavy (non-hydrogen) atoms. The van der Waals surface area contributed by atoms with E-state index in [2.05, 4.69) is 15.1 Å². The fourth-order valence-corrected chi connectivity index (χ4v) is 3.86. The van der Waals surface area contributed by atoms with Crippen molar-refractivity contribution in [3.8, 4) is 0 Å². The van der Waals surface area contributed by atoms with Crippen LogP contribution in [0, 0.1) is 19.7 Å². The maximum Gasteiger partial charge on any atom is 0.408 e. The first-order chi connectivity index (χ1) is 13.7. The van der Waals surface area contributed by atoms with E-state index >= 15 is 0 Å². The molecule has 0 N–H and O–H groups in total. The van der Waals surface area contributed by atoms with E-state index in [1.807, 2.05) is 4.90 Å². The van der Waals surface area contributed by atoms with Crippen molar-refractivity contribution in [2.45, 2.75) is 32.6 Å². The van der Waals surface area contributed by atoms with Gasteiger partial charge in [0.05, 0.1) is 30.5 Å². The van der Waals surface area contributed by atoms with Crippen molar-refractivity contribution in [1.29, 1.82) is 0 Å². The predicted molar refractivity (Wildman–Crippen MR) is 98.2 cm³/mol. The van der Waals surface area contributed by atoms with Crippen LogP contribution in [-0.4, -0.2) is 45.7 Å². The maximum absolute atomic E-state index is 13.9. The number of benzene rings is 1. The Hall–Kier alpha value is -2.75. The van der Waals surface area contributed by atoms with E-state index in [0.717, 1.165) is 4.68 Å². The summed E-state index contributed by atoms with van der Waals surface area (Å²) in [6.45, 7) is 3.28. The molecular formula is C19H19F4N5O. The monoisotopic (exact) mass is 409 g/mol. The van der Waals surface area contributed by atoms with Gasteiger partial charge in [-0.3, -0.25) is 4.68 Å². The number of aromatic nitrogens is 4. The van der Waals surface area contributed by atoms with Crippen LogP contribution in [0.25, 0.3) is 10.9 Å². The summed E-state index contributed by atoms with van der Waals surface area (Å²) in [4.78, 5) is 10.5. The molecule has 1 saturated heterocycles. The van der Waals surface area contributed by atoms with Gasteiger partial charge in [-0.2, -0.15) is 18.3 Å². The van der Waals surface area contributed by atoms with Gasteiger partial charge in [0.25, 0.3) is 0 Å². The van der Waals surface area contributed by atoms with Gasteiger partial charge in [0, 0.05) is 23.2 Å². The highest BCUT2D eigenvalue weighted by molar-refractivity contribution is 5.89. The predicted octanol–water partition coefficient (Wildman–Crippen LogP) is 3.72. The molecule has 1 aliphatic rings. The second-order valence-electron chi connectivity index (χ2n) is 7.00. The Bertz CT molecular complexity index is 1050. The third-order valence-corrected chi connectivity index (χ3v) is 5.08. The molecule has 0 saturated carbocycles. The first kappa shape index (κ1) is 19.6. The molecule has 0 bridgehead atoms. The second kappa shape index (κ2) is 7.25. The van der Waals surface area contributed by atoms with E-state index in [1.54, 1.807) is 19.9 Å². The third-order valence-electron chi connectivity index (χ3n) is 5.08. The Labute approximate surface area is 164 Å². The van der Waals surface area contributed by atoms with Gasteiger partial charge in [0.1, 0.15) is 24.5 Å². The van der Waals surface area contributed by atoms with Crippen LogP contribution in [0.5, 0.6) is 0 Å². The van der Waals surface area contributed by atoms with E-state index < -0.39 is 24.6 Å². The number of rotatable bonds is 3. The molecule has 1 atom stereocenters. The minimum Gasteiger partial charge on any atom is -0.377 e. The lowest BCUT2D eigenvalue weighted by molar-refractivity contribution is -0.142. The van der Waals surface area contributed by atoms with Crippen molar-refractivity contribution in [1.82, 2.24) is 19.7 Å². The van der Waals surface area contributed by atoms with Gasteiger partial charge in [-0.1, -0.05) is 0 Å². The summed E-state index contributed by atoms with van der Waals surface area (Å²) in [6, 6.07) is 3.87. The molecule has 3 aromatic rings. The average molecular weight is 409 g/mol. The minimum absolute atomic E-state index is 0.264. The zero-order valence-electron chi connectivity index (χ0n) is 15.9. The van der Waals surface area contributed by atoms with Gasteiger partial charge in [0.2, 0.25) is 0 Å². The molecule has 1 unspecified atom stereocenters. The maximum atomic E-state index is 13.9. The lowest BCUT2D eigenvalue weighted by atomic mass is 10.0. The largest absolute Gasteiger partial charge is 0.408 e. The number of hydrogen-bond donors (Lipinski definition) is 0. The van der Waals surface area contributed by atoms with Crippen LogP contribution in [0.4, 0.5) is 23.4 Å². The zero-order chi connectivity index (χ0) is 20.8. The number of hydrogen-bond acceptors (Lipinski definition) is 5. The fourth-order valence-electron chi connectivity index (χ4n) is 3.86. The molecule has 154 valence electrons. The molecule has 0 amide bonds. The van der Waals surface area contributed by atoms with Crippen LogP contribution >= 0.6 is 0 Å². The third kappa shape index (κ3) is 3.76. The Morgan fingerprint density at radius 3 is 2.76 bits per heavy atom. The number of alkyl halides is 3. The number of anilines is 1. The number of fused-ring (bicyclic) bond motifs is 1. The van der Waals surface area contributed by atoms with Crippen molar-refractivity contribution in [3.05, 3.63) is 47.3 Å². The quantitative estimate of drug-likeness (QED) is 0.617. The van der Waals surface area contributed by atoms with Crippen LogP contribution in [-0.2, 0) is 11.3 Å². The lowest BCUT2D eigenvalue weighted by Gasteiger charge is -2.37. The topological polar surface area (TPSA) is 56.1 Å². The summed E-state index contributed by atoms with van der Waals surface area (Å²) in [5, 5.41) is 4.64. The molecule has 0 aliphatic carbocycles. The Balaban J connectivity index is 1.80. The van der Waals surface area contributed by atoms with E-state index in [1.165, 1.54) is 18.5 Å². The summed E-state index contributed by atoms with van der Waals surface area (Å²) >= 11 is 0. The van der Waals surface area contributed by atoms with Gasteiger partial charge < -0.3 is 9.64 Å². The van der Waals surface area contributed by atoms with Gasteiger partial charge in [0.15, 0.2) is 0 Å². The molecule has 2 aromatic heterocycles. The van der Waals surface area contributed by atoms with Crippen molar-refractivity contribution >= 4 is 16.7 Å². The minimum atomic E-state index is -4.37. The van der Waals surface area contributed by atoms with E-state index in [0.29, 0.717) is 46.8 Å². The number of halogens is 4. The normalized spacial score (nSPS) is 17.9. The Morgan fingerprint density at radius 2 is 2.00 bits per heavy atom. The molecule has 0 radical (unpaired) electrons. The first-order valence-electron chi connectivity index (χ1n) is 9.10. The molecule has 1 aromatic carbocycles. The van der Waals surface area contributed by atoms with Gasteiger partial charge in [-0.25, -0.2) is 14.4 Å². The first-order valence-corrected chi connectivity index (χ1v) is 9.10. The lowest BCUT2D eigenvalue weighted by Crippen LogP contribution is -2.40. The molecule has 1 fully saturated rings. The summed E-state index contributed by atoms with van der Waals surface area (Å²) < 4.78 is 59.2. The smallest absolute Gasteiger partial charge is 0.377 e. The van der Waals surface area contributed by atoms with Gasteiger partial charge >= 0.3 is 6.18 Å². The average Bonchev–Trinajstić information content (AvgIpc) is 2.93. The number of nitrogens with zero attached hydrogens (tertiary/aromatic N) is 5. The molecule has 4 rings (SSSR count). The van der Waals surface area contributed by atoms with E-state index in [-0.39, 0.29) is 6.61 Å². The summed E-state index contributed by atoms with van der Waals surface area (Å²) in [5.74, 6) is 0.105. The SMILES string of the molecule is Cc1nn(CC(F)(F)F)c(C)c1C1COCCN1c1ncnc2ccc(F)cc12. The van der Waals surface area contributed by atoms with Crippen molar-refractivity contribution in [3.63, 3.8) is 0 Å². The summed E-state index contributed by atoms with van der Waals surface area (Å²) in [7, 11) is 0. The number of ether oxygens (including phenoxy) is 1. The van der Waals surface area contributed by atoms with Crippen molar-refractivity contribution in [2.75, 3.05) is 24.7 Å². The van der Waals surface area contributed by atoms with Crippen LogP contribution < -0.4 is 4.90 Å². The highest BCUT2D eigenvalue weighted by Crippen LogP contribution is 2.36. The second-order valence-corrected chi connectivity index (χ2v) is 7.00. The van der Waals surface area contributed by atoms with Crippen molar-refractivity contribution in [2.24, 2.45) is 0 Å². The molecular weight excluding hydrogens is 390 g/mol. The summed E-state index contributed by atoms with van der Waals surface area (Å²) in [5.41, 5.74) is 2.17. The molecule has 1 aliphatic heterocycles. The Morgan fingerprint density at radius 1 is 1.21 bits per heavy atom. The zero-order valence-corrected chi connectivity index (χ0v) is 15.9. The van der Waals surface area contributed by atoms with E-state index in [9.17, 15) is 17.6 Å². The van der Waals surface area contributed by atoms with Crippen LogP contribution in [0.1, 0.15) is 23.0 Å². The van der Waals surface area contributed by atoms with Crippen molar-refractivity contribution < 1.29 is 22.3 Å². The fraction of sp³-hybridized carbons (Fsp3) is 0.421. The highest BCUT2D eigenvalue weighted by Gasteiger charge is 2.34.